The molecule has 0 amide bonds. The van der Waals surface area contributed by atoms with Gasteiger partial charge in [-0.2, -0.15) is 5.11 Å². The van der Waals surface area contributed by atoms with Gasteiger partial charge in [-0.3, -0.25) is 0 Å². The highest BCUT2D eigenvalue weighted by Gasteiger charge is 2.55. The van der Waals surface area contributed by atoms with Gasteiger partial charge in [-0.1, -0.05) is 6.92 Å². The van der Waals surface area contributed by atoms with Gasteiger partial charge in [-0.15, -0.1) is 0 Å². The first-order valence-electron chi connectivity index (χ1n) is 2.35. The summed E-state index contributed by atoms with van der Waals surface area (Å²) in [6, 6.07) is 0. The van der Waals surface area contributed by atoms with Gasteiger partial charge < -0.3 is 0 Å². The van der Waals surface area contributed by atoms with Crippen molar-refractivity contribution < 1.29 is 5.11 Å². The van der Waals surface area contributed by atoms with E-state index in [9.17, 15) is 0 Å². The van der Waals surface area contributed by atoms with E-state index in [0.717, 1.165) is 6.42 Å². The molecule has 0 aromatic carbocycles. The predicted octanol–water partition coefficient (Wildman–Crippen LogP) is 0.777. The van der Waals surface area contributed by atoms with Crippen molar-refractivity contribution in [3.63, 3.8) is 0 Å². The summed E-state index contributed by atoms with van der Waals surface area (Å²) in [4.78, 5) is 0. The van der Waals surface area contributed by atoms with Crippen molar-refractivity contribution in [2.45, 2.75) is 25.9 Å². The second-order valence-electron chi connectivity index (χ2n) is 2.46. The number of aliphatic hydroxyl groups is 1. The summed E-state index contributed by atoms with van der Waals surface area (Å²) < 4.78 is 0. The Kier molecular flexibility index (Phi) is 0.539. The summed E-state index contributed by atoms with van der Waals surface area (Å²) in [5, 5.41) is 8.90. The highest BCUT2D eigenvalue weighted by molar-refractivity contribution is 4.95. The molecule has 6 heavy (non-hydrogen) atoms. The highest BCUT2D eigenvalue weighted by Crippen LogP contribution is 2.41. The molecule has 1 aliphatic carbocycles. The van der Waals surface area contributed by atoms with Gasteiger partial charge in [0.2, 0.25) is 5.60 Å². The van der Waals surface area contributed by atoms with Gasteiger partial charge in [0.15, 0.2) is 0 Å². The number of hydrogen-bond acceptors (Lipinski definition) is 1. The number of rotatable bonds is 0. The first-order chi connectivity index (χ1) is 2.63. The Morgan fingerprint density at radius 1 is 1.83 bits per heavy atom. The maximum absolute atomic E-state index is 8.90. The van der Waals surface area contributed by atoms with Gasteiger partial charge in [0.1, 0.15) is 0 Å². The molecule has 1 rings (SSSR count). The van der Waals surface area contributed by atoms with Crippen LogP contribution in [0.2, 0.25) is 0 Å². The van der Waals surface area contributed by atoms with Crippen molar-refractivity contribution in [3.05, 3.63) is 0 Å². The molecule has 1 saturated carbocycles. The second kappa shape index (κ2) is 0.784. The van der Waals surface area contributed by atoms with E-state index >= 15 is 0 Å². The smallest absolute Gasteiger partial charge is 0.156 e. The minimum atomic E-state index is -0.292. The van der Waals surface area contributed by atoms with Crippen LogP contribution < -0.4 is 0 Å². The van der Waals surface area contributed by atoms with Gasteiger partial charge >= 0.3 is 0 Å². The molecule has 1 fully saturated rings. The molecule has 1 nitrogen and oxygen atoms in total. The first kappa shape index (κ1) is 4.13. The second-order valence-corrected chi connectivity index (χ2v) is 2.46. The zero-order valence-corrected chi connectivity index (χ0v) is 4.23. The summed E-state index contributed by atoms with van der Waals surface area (Å²) in [5.74, 6) is 0.553. The third-order valence-electron chi connectivity index (χ3n) is 1.62. The maximum Gasteiger partial charge on any atom is 0.235 e. The molecular weight excluding hydrogens is 76.1 g/mol. The first-order valence-corrected chi connectivity index (χ1v) is 2.35. The summed E-state index contributed by atoms with van der Waals surface area (Å²) in [6.45, 7) is 3.93. The van der Waals surface area contributed by atoms with Crippen molar-refractivity contribution >= 4 is 0 Å². The SMILES string of the molecule is CC1CC1(C)[OH+]. The Bertz CT molecular complexity index is 66.3. The lowest BCUT2D eigenvalue weighted by atomic mass is 10.3. The molecule has 0 bridgehead atoms. The molecule has 2 unspecified atom stereocenters. The van der Waals surface area contributed by atoms with E-state index in [1.165, 1.54) is 0 Å². The fourth-order valence-electron chi connectivity index (χ4n) is 0.561. The van der Waals surface area contributed by atoms with Gasteiger partial charge in [-0.05, 0) is 0 Å². The topological polar surface area (TPSA) is 21.4 Å². The van der Waals surface area contributed by atoms with E-state index in [2.05, 4.69) is 6.92 Å². The lowest BCUT2D eigenvalue weighted by molar-refractivity contribution is 0.155. The average Bonchev–Trinajstić information content (AvgIpc) is 1.73. The largest absolute Gasteiger partial charge is 0.235 e. The molecule has 0 aromatic rings. The molecule has 0 aromatic heterocycles. The Labute approximate surface area is 38.0 Å². The summed E-state index contributed by atoms with van der Waals surface area (Å²) in [7, 11) is 0. The highest BCUT2D eigenvalue weighted by atomic mass is 16.3. The van der Waals surface area contributed by atoms with Crippen LogP contribution in [0, 0.1) is 5.92 Å². The third-order valence-corrected chi connectivity index (χ3v) is 1.62. The molecule has 1 N–H and O–H groups in total. The van der Waals surface area contributed by atoms with Crippen LogP contribution in [0.15, 0.2) is 0 Å². The fourth-order valence-corrected chi connectivity index (χ4v) is 0.561. The summed E-state index contributed by atoms with van der Waals surface area (Å²) >= 11 is 0. The van der Waals surface area contributed by atoms with Crippen molar-refractivity contribution in [3.8, 4) is 0 Å². The monoisotopic (exact) mass is 86.1 g/mol. The Morgan fingerprint density at radius 3 is 2.00 bits per heavy atom. The Morgan fingerprint density at radius 2 is 2.00 bits per heavy atom. The zero-order valence-electron chi connectivity index (χ0n) is 4.23. The molecule has 0 saturated heterocycles. The van der Waals surface area contributed by atoms with E-state index in [-0.39, 0.29) is 5.60 Å². The molecule has 35 valence electrons. The van der Waals surface area contributed by atoms with E-state index in [1.807, 2.05) is 6.92 Å². The molecule has 1 heteroatoms. The molecule has 0 spiro atoms. The van der Waals surface area contributed by atoms with Gasteiger partial charge in [-0.25, -0.2) is 0 Å². The normalized spacial score (nSPS) is 55.5. The number of hydrogen-bond donors (Lipinski definition) is 0. The van der Waals surface area contributed by atoms with Crippen LogP contribution >= 0.6 is 0 Å². The summed E-state index contributed by atoms with van der Waals surface area (Å²) in [6.07, 6.45) is 0.993. The lowest BCUT2D eigenvalue weighted by Crippen LogP contribution is -1.99. The van der Waals surface area contributed by atoms with E-state index < -0.39 is 0 Å². The minimum absolute atomic E-state index is 0.292. The molecule has 1 aliphatic rings. The van der Waals surface area contributed by atoms with Crippen LogP contribution in [0.4, 0.5) is 0 Å². The minimum Gasteiger partial charge on any atom is -0.156 e. The lowest BCUT2D eigenvalue weighted by Gasteiger charge is -1.78. The zero-order chi connectivity index (χ0) is 4.78. The average molecular weight is 86.1 g/mol. The quantitative estimate of drug-likeness (QED) is 0.399. The van der Waals surface area contributed by atoms with Crippen LogP contribution in [0.5, 0.6) is 0 Å². The standard InChI is InChI=1S/C5H10O/c1-4-3-5(4,2)6/h4,6H,3H2,1-2H3/q+1. The van der Waals surface area contributed by atoms with Crippen molar-refractivity contribution in [1.29, 1.82) is 0 Å². The summed E-state index contributed by atoms with van der Waals surface area (Å²) in [5.41, 5.74) is -0.292. The van der Waals surface area contributed by atoms with Crippen LogP contribution in [-0.2, 0) is 0 Å². The van der Waals surface area contributed by atoms with Gasteiger partial charge in [0.05, 0.1) is 0 Å². The molecule has 1 radical (unpaired) electrons. The molecule has 2 atom stereocenters. The van der Waals surface area contributed by atoms with Gasteiger partial charge in [0.25, 0.3) is 0 Å². The molecule has 0 aliphatic heterocycles. The molecule has 0 heterocycles. The van der Waals surface area contributed by atoms with E-state index in [0.29, 0.717) is 5.92 Å². The van der Waals surface area contributed by atoms with Crippen LogP contribution in [-0.4, -0.2) is 10.7 Å². The van der Waals surface area contributed by atoms with Crippen LogP contribution in [0.25, 0.3) is 0 Å². The van der Waals surface area contributed by atoms with Crippen molar-refractivity contribution in [2.24, 2.45) is 5.92 Å². The fraction of sp³-hybridized carbons (Fsp3) is 1.00. The van der Waals surface area contributed by atoms with E-state index in [1.54, 1.807) is 0 Å². The third kappa shape index (κ3) is 0.432. The van der Waals surface area contributed by atoms with Gasteiger partial charge in [0, 0.05) is 19.3 Å². The van der Waals surface area contributed by atoms with Crippen LogP contribution in [0.3, 0.4) is 0 Å². The maximum atomic E-state index is 8.90. The van der Waals surface area contributed by atoms with Crippen molar-refractivity contribution in [1.82, 2.24) is 0 Å². The molecular formula is C5H10O+. The van der Waals surface area contributed by atoms with E-state index in [4.69, 9.17) is 5.11 Å². The van der Waals surface area contributed by atoms with Crippen molar-refractivity contribution in [2.75, 3.05) is 0 Å². The Balaban J connectivity index is 2.41. The van der Waals surface area contributed by atoms with Crippen LogP contribution in [0.1, 0.15) is 20.3 Å². The Hall–Kier alpha value is -0.0400. The predicted molar refractivity (Wildman–Crippen MR) is 24.4 cm³/mol.